The van der Waals surface area contributed by atoms with Crippen molar-refractivity contribution in [1.82, 2.24) is 15.2 Å². The highest BCUT2D eigenvalue weighted by Gasteiger charge is 2.16. The molecule has 0 unspecified atom stereocenters. The second-order valence-electron chi connectivity index (χ2n) is 7.27. The number of hydrogen-bond donors (Lipinski definition) is 2. The van der Waals surface area contributed by atoms with Crippen LogP contribution in [-0.2, 0) is 11.2 Å². The molecule has 2 N–H and O–H groups in total. The lowest BCUT2D eigenvalue weighted by Crippen LogP contribution is -2.37. The minimum atomic E-state index is -1.33. The summed E-state index contributed by atoms with van der Waals surface area (Å²) >= 11 is 0. The Kier molecular flexibility index (Phi) is 5.71. The summed E-state index contributed by atoms with van der Waals surface area (Å²) in [6.45, 7) is 7.76. The van der Waals surface area contributed by atoms with Crippen molar-refractivity contribution in [2.24, 2.45) is 0 Å². The van der Waals surface area contributed by atoms with Crippen molar-refractivity contribution in [1.29, 1.82) is 0 Å². The summed E-state index contributed by atoms with van der Waals surface area (Å²) in [7, 11) is 1.86. The molecule has 3 rings (SSSR count). The summed E-state index contributed by atoms with van der Waals surface area (Å²) in [5, 5.41) is 8.84. The van der Waals surface area contributed by atoms with Crippen LogP contribution in [0.5, 0.6) is 0 Å². The topological polar surface area (TPSA) is 59.1 Å². The van der Waals surface area contributed by atoms with E-state index in [4.69, 9.17) is 4.65 Å². The third-order valence-corrected chi connectivity index (χ3v) is 6.21. The molecule has 0 aliphatic rings. The molecule has 7 heteroatoms. The molecule has 0 fully saturated rings. The van der Waals surface area contributed by atoms with Crippen LogP contribution in [0, 0.1) is 0 Å². The zero-order chi connectivity index (χ0) is 18.6. The first-order chi connectivity index (χ1) is 12.5. The molecule has 0 amide bonds. The molecule has 0 saturated heterocycles. The lowest BCUT2D eigenvalue weighted by molar-refractivity contribution is 0.430. The number of anilines is 2. The fraction of sp³-hybridized carbons (Fsp3) is 0.263. The molecule has 1 heterocycles. The number of rotatable bonds is 7. The van der Waals surface area contributed by atoms with Crippen molar-refractivity contribution < 1.29 is 4.65 Å². The van der Waals surface area contributed by atoms with E-state index in [2.05, 4.69) is 70.5 Å². The summed E-state index contributed by atoms with van der Waals surface area (Å²) < 4.78 is 4.86. The molecule has 0 saturated carbocycles. The van der Waals surface area contributed by atoms with Crippen molar-refractivity contribution >= 4 is 43.4 Å². The maximum Gasteiger partial charge on any atom is 0.395 e. The molecule has 3 aromatic rings. The van der Waals surface area contributed by atoms with Gasteiger partial charge in [0.05, 0.1) is 13.6 Å². The zero-order valence-electron chi connectivity index (χ0n) is 15.7. The summed E-state index contributed by atoms with van der Waals surface area (Å²) in [5.41, 5.74) is 3.09. The highest BCUT2D eigenvalue weighted by molar-refractivity contribution is 6.88. The third-order valence-electron chi connectivity index (χ3n) is 4.16. The smallest absolute Gasteiger partial charge is 0.395 e. The molecule has 133 valence electrons. The predicted octanol–water partition coefficient (Wildman–Crippen LogP) is 3.19. The second kappa shape index (κ2) is 7.99. The fourth-order valence-corrected chi connectivity index (χ4v) is 3.81. The number of fused-ring (bicyclic) bond motifs is 1. The van der Waals surface area contributed by atoms with Crippen molar-refractivity contribution in [2.45, 2.75) is 26.2 Å². The van der Waals surface area contributed by atoms with E-state index in [-0.39, 0.29) is 0 Å². The average molecular weight is 363 g/mol. The summed E-state index contributed by atoms with van der Waals surface area (Å²) in [4.78, 5) is 9.10. The van der Waals surface area contributed by atoms with Crippen LogP contribution in [0.1, 0.15) is 5.56 Å². The first-order valence-electron chi connectivity index (χ1n) is 8.67. The number of benzene rings is 2. The van der Waals surface area contributed by atoms with E-state index < -0.39 is 8.07 Å². The molecule has 0 bridgehead atoms. The summed E-state index contributed by atoms with van der Waals surface area (Å²) in [6, 6.07) is 14.7. The highest BCUT2D eigenvalue weighted by atomic mass is 28.3. The van der Waals surface area contributed by atoms with Gasteiger partial charge in [0, 0.05) is 30.9 Å². The van der Waals surface area contributed by atoms with Gasteiger partial charge in [-0.05, 0) is 23.8 Å². The van der Waals surface area contributed by atoms with Crippen molar-refractivity contribution in [3.8, 4) is 0 Å². The van der Waals surface area contributed by atoms with Gasteiger partial charge in [0.1, 0.15) is 0 Å². The van der Waals surface area contributed by atoms with E-state index >= 15 is 0 Å². The van der Waals surface area contributed by atoms with Gasteiger partial charge in [0.15, 0.2) is 0 Å². The number of hydrogen-bond acceptors (Lipinski definition) is 5. The van der Waals surface area contributed by atoms with E-state index in [0.29, 0.717) is 5.95 Å². The molecule has 0 aliphatic carbocycles. The van der Waals surface area contributed by atoms with Crippen LogP contribution in [0.2, 0.25) is 19.6 Å². The monoisotopic (exact) mass is 363 g/mol. The first-order valence-corrected chi connectivity index (χ1v) is 12.2. The van der Waals surface area contributed by atoms with E-state index in [1.54, 1.807) is 14.7 Å². The Balaban J connectivity index is 1.72. The maximum absolute atomic E-state index is 4.86. The van der Waals surface area contributed by atoms with Crippen LogP contribution >= 0.6 is 0 Å². The lowest BCUT2D eigenvalue weighted by atomic mass is 10.1. The number of aromatic nitrogens is 2. The predicted molar refractivity (Wildman–Crippen MR) is 112 cm³/mol. The molecule has 1 aromatic heterocycles. The minimum absolute atomic E-state index is 0.608. The Morgan fingerprint density at radius 2 is 1.85 bits per heavy atom. The standard InChI is InChI=1S/C19H24BN4OSi/c1-25-20-22-12-14-5-7-16(8-6-14)23-19-21-13-15-11-17(26(2,3)4)9-10-18(15)24-19/h5-11,13,22H,12H2,1-4H3,(H,21,23,24). The summed E-state index contributed by atoms with van der Waals surface area (Å²) in [6.07, 6.45) is 1.90. The maximum atomic E-state index is 4.86. The van der Waals surface area contributed by atoms with Crippen molar-refractivity contribution in [3.63, 3.8) is 0 Å². The van der Waals surface area contributed by atoms with Gasteiger partial charge < -0.3 is 15.2 Å². The molecule has 0 atom stereocenters. The summed E-state index contributed by atoms with van der Waals surface area (Å²) in [5.74, 6) is 0.608. The van der Waals surface area contributed by atoms with Gasteiger partial charge in [-0.2, -0.15) is 0 Å². The van der Waals surface area contributed by atoms with Crippen molar-refractivity contribution in [2.75, 3.05) is 12.4 Å². The van der Waals surface area contributed by atoms with Gasteiger partial charge in [0.2, 0.25) is 5.95 Å². The SMILES string of the molecule is CO[B]NCc1ccc(Nc2ncc3cc([Si](C)(C)C)ccc3n2)cc1. The molecule has 0 aliphatic heterocycles. The molecule has 0 spiro atoms. The third kappa shape index (κ3) is 4.69. The van der Waals surface area contributed by atoms with Crippen LogP contribution in [0.25, 0.3) is 10.9 Å². The van der Waals surface area contributed by atoms with Gasteiger partial charge >= 0.3 is 7.62 Å². The number of nitrogens with one attached hydrogen (secondary N) is 2. The van der Waals surface area contributed by atoms with Gasteiger partial charge in [0.25, 0.3) is 0 Å². The molecular formula is C19H24BN4OSi. The molecule has 26 heavy (non-hydrogen) atoms. The van der Waals surface area contributed by atoms with Crippen LogP contribution in [0.15, 0.2) is 48.7 Å². The van der Waals surface area contributed by atoms with Gasteiger partial charge in [-0.1, -0.05) is 49.1 Å². The van der Waals surface area contributed by atoms with Crippen LogP contribution in [0.4, 0.5) is 11.6 Å². The Labute approximate surface area is 156 Å². The highest BCUT2D eigenvalue weighted by Crippen LogP contribution is 2.17. The van der Waals surface area contributed by atoms with Gasteiger partial charge in [-0.3, -0.25) is 0 Å². The van der Waals surface area contributed by atoms with Crippen molar-refractivity contribution in [3.05, 3.63) is 54.2 Å². The Bertz CT molecular complexity index is 881. The first kappa shape index (κ1) is 18.6. The lowest BCUT2D eigenvalue weighted by Gasteiger charge is -2.17. The molecular weight excluding hydrogens is 339 g/mol. The van der Waals surface area contributed by atoms with Crippen LogP contribution in [-0.4, -0.2) is 32.8 Å². The van der Waals surface area contributed by atoms with E-state index in [1.807, 2.05) is 18.3 Å². The van der Waals surface area contributed by atoms with Crippen LogP contribution in [0.3, 0.4) is 0 Å². The van der Waals surface area contributed by atoms with Gasteiger partial charge in [-0.25, -0.2) is 9.97 Å². The quantitative estimate of drug-likeness (QED) is 0.499. The van der Waals surface area contributed by atoms with E-state index in [0.717, 1.165) is 23.1 Å². The minimum Gasteiger partial charge on any atom is -0.427 e. The van der Waals surface area contributed by atoms with Gasteiger partial charge in [-0.15, -0.1) is 0 Å². The largest absolute Gasteiger partial charge is 0.427 e. The molecule has 1 radical (unpaired) electrons. The Morgan fingerprint density at radius 1 is 1.08 bits per heavy atom. The second-order valence-corrected chi connectivity index (χ2v) is 12.4. The zero-order valence-corrected chi connectivity index (χ0v) is 16.7. The molecule has 2 aromatic carbocycles. The normalized spacial score (nSPS) is 11.5. The van der Waals surface area contributed by atoms with Crippen LogP contribution < -0.4 is 15.7 Å². The fourth-order valence-electron chi connectivity index (χ4n) is 2.64. The van der Waals surface area contributed by atoms with E-state index in [9.17, 15) is 0 Å². The Morgan fingerprint density at radius 3 is 2.54 bits per heavy atom. The number of nitrogens with zero attached hydrogens (tertiary/aromatic N) is 2. The average Bonchev–Trinajstić information content (AvgIpc) is 2.62. The Hall–Kier alpha value is -2.22. The van der Waals surface area contributed by atoms with E-state index in [1.165, 1.54) is 10.8 Å². The molecule has 5 nitrogen and oxygen atoms in total.